The van der Waals surface area contributed by atoms with Gasteiger partial charge in [0, 0.05) is 60.2 Å². The van der Waals surface area contributed by atoms with Crippen molar-refractivity contribution in [1.29, 1.82) is 0 Å². The molecule has 0 atom stereocenters. The molecule has 1 saturated heterocycles. The molecule has 1 N–H and O–H groups in total. The second-order valence-electron chi connectivity index (χ2n) is 8.71. The van der Waals surface area contributed by atoms with Crippen molar-refractivity contribution in [3.8, 4) is 0 Å². The largest absolute Gasteiger partial charge is 0.322 e. The monoisotopic (exact) mass is 619 g/mol. The lowest BCUT2D eigenvalue weighted by atomic mass is 10.1. The van der Waals surface area contributed by atoms with E-state index in [1.807, 2.05) is 24.3 Å². The minimum Gasteiger partial charge on any atom is -0.322 e. The summed E-state index contributed by atoms with van der Waals surface area (Å²) in [5.41, 5.74) is 3.31. The predicted octanol–water partition coefficient (Wildman–Crippen LogP) is 5.19. The highest BCUT2D eigenvalue weighted by Crippen LogP contribution is 2.27. The maximum atomic E-state index is 13.1. The van der Waals surface area contributed by atoms with Gasteiger partial charge in [0.25, 0.3) is 5.91 Å². The van der Waals surface area contributed by atoms with Crippen molar-refractivity contribution in [1.82, 2.24) is 9.80 Å². The van der Waals surface area contributed by atoms with Crippen LogP contribution in [0.3, 0.4) is 0 Å². The molecule has 1 fully saturated rings. The summed E-state index contributed by atoms with van der Waals surface area (Å²) in [6, 6.07) is 20.8. The normalized spacial score (nSPS) is 15.2. The number of rotatable bonds is 7. The lowest BCUT2D eigenvalue weighted by Gasteiger charge is -2.35. The average Bonchev–Trinajstić information content (AvgIpc) is 2.82. The van der Waals surface area contributed by atoms with Gasteiger partial charge in [0.05, 0.1) is 10.5 Å². The fraction of sp³-hybridized carbons (Fsp3) is 0.269. The van der Waals surface area contributed by atoms with E-state index < -0.39 is 9.84 Å². The topological polar surface area (TPSA) is 69.7 Å². The third kappa shape index (κ3) is 7.01. The Balaban J connectivity index is 1.44. The lowest BCUT2D eigenvalue weighted by Crippen LogP contribution is -2.45. The fourth-order valence-electron chi connectivity index (χ4n) is 4.09. The molecule has 9 heteroatoms. The minimum absolute atomic E-state index is 0.105. The van der Waals surface area contributed by atoms with Gasteiger partial charge in [-0.05, 0) is 57.4 Å². The van der Waals surface area contributed by atoms with Gasteiger partial charge in [0.15, 0.2) is 9.84 Å². The zero-order valence-electron chi connectivity index (χ0n) is 19.4. The third-order valence-electron chi connectivity index (χ3n) is 6.04. The summed E-state index contributed by atoms with van der Waals surface area (Å²) < 4.78 is 25.3. The quantitative estimate of drug-likeness (QED) is 0.394. The van der Waals surface area contributed by atoms with E-state index in [0.29, 0.717) is 16.7 Å². The predicted molar refractivity (Wildman–Crippen MR) is 146 cm³/mol. The van der Waals surface area contributed by atoms with E-state index in [-0.39, 0.29) is 16.4 Å². The Hall–Kier alpha value is -2.04. The Morgan fingerprint density at radius 3 is 2.20 bits per heavy atom. The van der Waals surface area contributed by atoms with Gasteiger partial charge in [-0.1, -0.05) is 52.3 Å². The van der Waals surface area contributed by atoms with Crippen molar-refractivity contribution < 1.29 is 13.2 Å². The minimum atomic E-state index is -3.43. The number of piperazine rings is 1. The highest BCUT2D eigenvalue weighted by Gasteiger charge is 2.20. The number of hydrogen-bond acceptors (Lipinski definition) is 5. The van der Waals surface area contributed by atoms with E-state index in [9.17, 15) is 13.2 Å². The number of hydrogen-bond donors (Lipinski definition) is 1. The standard InChI is InChI=1S/C26H27Br2N3O3S/c1-35(33,34)22-9-10-24(28)23(16-22)26(32)29-25-15-21(27)8-7-20(25)18-31-13-11-30(12-14-31)17-19-5-3-2-4-6-19/h2-10,15-16H,11-14,17-18H2,1H3,(H,29,32). The summed E-state index contributed by atoms with van der Waals surface area (Å²) in [7, 11) is -3.43. The first kappa shape index (κ1) is 26.0. The van der Waals surface area contributed by atoms with Crippen LogP contribution in [0, 0.1) is 0 Å². The lowest BCUT2D eigenvalue weighted by molar-refractivity contribution is 0.102. The molecular formula is C26H27Br2N3O3S. The number of amides is 1. The Kier molecular flexibility index (Phi) is 8.44. The SMILES string of the molecule is CS(=O)(=O)c1ccc(Br)c(C(=O)Nc2cc(Br)ccc2CN2CCN(Cc3ccccc3)CC2)c1. The molecule has 1 aliphatic heterocycles. The molecule has 3 aromatic carbocycles. The Morgan fingerprint density at radius 1 is 0.886 bits per heavy atom. The molecule has 184 valence electrons. The maximum Gasteiger partial charge on any atom is 0.256 e. The number of carbonyl (C=O) groups is 1. The summed E-state index contributed by atoms with van der Waals surface area (Å²) in [5.74, 6) is -0.366. The molecular weight excluding hydrogens is 594 g/mol. The van der Waals surface area contributed by atoms with Crippen LogP contribution in [-0.2, 0) is 22.9 Å². The van der Waals surface area contributed by atoms with Gasteiger partial charge in [0.2, 0.25) is 0 Å². The van der Waals surface area contributed by atoms with E-state index >= 15 is 0 Å². The van der Waals surface area contributed by atoms with Gasteiger partial charge in [-0.3, -0.25) is 14.6 Å². The molecule has 1 heterocycles. The van der Waals surface area contributed by atoms with Crippen LogP contribution in [-0.4, -0.2) is 56.6 Å². The van der Waals surface area contributed by atoms with Gasteiger partial charge in [-0.25, -0.2) is 8.42 Å². The van der Waals surface area contributed by atoms with E-state index in [4.69, 9.17) is 0 Å². The maximum absolute atomic E-state index is 13.1. The van der Waals surface area contributed by atoms with Crippen molar-refractivity contribution in [2.75, 3.05) is 37.8 Å². The summed E-state index contributed by atoms with van der Waals surface area (Å²) in [5, 5.41) is 2.99. The number of benzene rings is 3. The number of anilines is 1. The van der Waals surface area contributed by atoms with Crippen LogP contribution in [0.15, 0.2) is 80.6 Å². The molecule has 0 radical (unpaired) electrons. The van der Waals surface area contributed by atoms with Crippen molar-refractivity contribution in [3.05, 3.63) is 92.4 Å². The highest BCUT2D eigenvalue weighted by atomic mass is 79.9. The van der Waals surface area contributed by atoms with Crippen LogP contribution >= 0.6 is 31.9 Å². The number of nitrogens with zero attached hydrogens (tertiary/aromatic N) is 2. The van der Waals surface area contributed by atoms with Crippen LogP contribution in [0.25, 0.3) is 0 Å². The average molecular weight is 621 g/mol. The van der Waals surface area contributed by atoms with Crippen molar-refractivity contribution in [3.63, 3.8) is 0 Å². The van der Waals surface area contributed by atoms with Gasteiger partial charge >= 0.3 is 0 Å². The Labute approximate surface area is 223 Å². The molecule has 1 amide bonds. The second kappa shape index (κ2) is 11.3. The van der Waals surface area contributed by atoms with Gasteiger partial charge < -0.3 is 5.32 Å². The summed E-state index contributed by atoms with van der Waals surface area (Å²) in [6.07, 6.45) is 1.13. The highest BCUT2D eigenvalue weighted by molar-refractivity contribution is 9.10. The van der Waals surface area contributed by atoms with E-state index in [0.717, 1.165) is 49.0 Å². The van der Waals surface area contributed by atoms with Crippen LogP contribution in [0.5, 0.6) is 0 Å². The van der Waals surface area contributed by atoms with Crippen molar-refractivity contribution in [2.45, 2.75) is 18.0 Å². The fourth-order valence-corrected chi connectivity index (χ4v) is 5.52. The molecule has 0 bridgehead atoms. The summed E-state index contributed by atoms with van der Waals surface area (Å²) in [6.45, 7) is 5.52. The van der Waals surface area contributed by atoms with E-state index in [1.165, 1.54) is 17.7 Å². The van der Waals surface area contributed by atoms with E-state index in [1.54, 1.807) is 6.07 Å². The summed E-state index contributed by atoms with van der Waals surface area (Å²) >= 11 is 6.87. The first-order chi connectivity index (χ1) is 16.7. The molecule has 35 heavy (non-hydrogen) atoms. The molecule has 0 unspecified atom stereocenters. The van der Waals surface area contributed by atoms with Crippen LogP contribution < -0.4 is 5.32 Å². The molecule has 0 aliphatic carbocycles. The molecule has 0 saturated carbocycles. The zero-order chi connectivity index (χ0) is 25.0. The number of sulfone groups is 1. The third-order valence-corrected chi connectivity index (χ3v) is 8.33. The van der Waals surface area contributed by atoms with Crippen LogP contribution in [0.1, 0.15) is 21.5 Å². The van der Waals surface area contributed by atoms with Gasteiger partial charge in [-0.15, -0.1) is 0 Å². The molecule has 0 spiro atoms. The van der Waals surface area contributed by atoms with Crippen LogP contribution in [0.4, 0.5) is 5.69 Å². The Bertz CT molecular complexity index is 1310. The number of nitrogens with one attached hydrogen (secondary N) is 1. The van der Waals surface area contributed by atoms with Crippen molar-refractivity contribution in [2.24, 2.45) is 0 Å². The zero-order valence-corrected chi connectivity index (χ0v) is 23.4. The smallest absolute Gasteiger partial charge is 0.256 e. The van der Waals surface area contributed by atoms with Gasteiger partial charge in [0.1, 0.15) is 0 Å². The first-order valence-corrected chi connectivity index (χ1v) is 14.7. The first-order valence-electron chi connectivity index (χ1n) is 11.3. The molecule has 4 rings (SSSR count). The molecule has 6 nitrogen and oxygen atoms in total. The molecule has 3 aromatic rings. The Morgan fingerprint density at radius 2 is 1.54 bits per heavy atom. The number of carbonyl (C=O) groups excluding carboxylic acids is 1. The van der Waals surface area contributed by atoms with Crippen molar-refractivity contribution >= 4 is 53.3 Å². The molecule has 1 aliphatic rings. The molecule has 0 aromatic heterocycles. The van der Waals surface area contributed by atoms with E-state index in [2.05, 4.69) is 71.2 Å². The second-order valence-corrected chi connectivity index (χ2v) is 12.5. The number of halogens is 2. The summed E-state index contributed by atoms with van der Waals surface area (Å²) in [4.78, 5) is 18.1. The van der Waals surface area contributed by atoms with Crippen LogP contribution in [0.2, 0.25) is 0 Å². The van der Waals surface area contributed by atoms with Gasteiger partial charge in [-0.2, -0.15) is 0 Å².